The number of nitrogens with one attached hydrogen (secondary N) is 1. The van der Waals surface area contributed by atoms with E-state index in [9.17, 15) is 4.79 Å². The number of aliphatic hydroxyl groups is 1. The topological polar surface area (TPSA) is 129 Å². The molecule has 1 aliphatic carbocycles. The van der Waals surface area contributed by atoms with E-state index >= 15 is 0 Å². The molecule has 1 saturated carbocycles. The molecule has 1 aliphatic heterocycles. The Labute approximate surface area is 192 Å². The minimum absolute atomic E-state index is 0.0778. The maximum Gasteiger partial charge on any atom is 0.252 e. The molecule has 2 aromatic rings. The number of rotatable bonds is 10. The molecule has 4 rings (SSSR count). The van der Waals surface area contributed by atoms with Gasteiger partial charge in [0.05, 0.1) is 6.61 Å². The predicted molar refractivity (Wildman–Crippen MR) is 124 cm³/mol. The van der Waals surface area contributed by atoms with Crippen molar-refractivity contribution < 1.29 is 19.4 Å². The van der Waals surface area contributed by atoms with E-state index in [-0.39, 0.29) is 25.0 Å². The molecule has 2 atom stereocenters. The molecular weight excluding hydrogens is 422 g/mol. The standard InChI is InChI=1S/C24H27N5O4/c1-16-24(23(31)26-19-9-10-19,15-18-5-2-3-6-21(18)28-29-25)27-22(33-16)17-7-11-20(12-8-17)32-14-4-13-30/h2-3,5-8,11-12,16,19,30H,4,9-10,13-15H2,1H3,(H,26,31)/t16-,24-/m1/s1. The van der Waals surface area contributed by atoms with E-state index in [0.717, 1.165) is 24.0 Å². The van der Waals surface area contributed by atoms with Gasteiger partial charge in [0.25, 0.3) is 5.91 Å². The highest BCUT2D eigenvalue weighted by atomic mass is 16.5. The summed E-state index contributed by atoms with van der Waals surface area (Å²) in [4.78, 5) is 21.2. The fraction of sp³-hybridized carbons (Fsp3) is 0.417. The van der Waals surface area contributed by atoms with E-state index in [1.54, 1.807) is 12.1 Å². The molecule has 172 valence electrons. The maximum atomic E-state index is 13.4. The van der Waals surface area contributed by atoms with Gasteiger partial charge in [0.2, 0.25) is 5.90 Å². The lowest BCUT2D eigenvalue weighted by Crippen LogP contribution is -2.53. The van der Waals surface area contributed by atoms with Crippen molar-refractivity contribution in [3.8, 4) is 5.75 Å². The molecule has 0 aromatic heterocycles. The van der Waals surface area contributed by atoms with Crippen LogP contribution in [0, 0.1) is 0 Å². The Kier molecular flexibility index (Phi) is 6.82. The molecule has 0 unspecified atom stereocenters. The van der Waals surface area contributed by atoms with Gasteiger partial charge in [-0.05, 0) is 55.1 Å². The van der Waals surface area contributed by atoms with Gasteiger partial charge < -0.3 is 19.9 Å². The zero-order chi connectivity index (χ0) is 23.3. The summed E-state index contributed by atoms with van der Waals surface area (Å²) >= 11 is 0. The highest BCUT2D eigenvalue weighted by molar-refractivity contribution is 6.01. The van der Waals surface area contributed by atoms with Crippen LogP contribution in [0.15, 0.2) is 58.6 Å². The van der Waals surface area contributed by atoms with Crippen molar-refractivity contribution >= 4 is 17.5 Å². The number of amides is 1. The summed E-state index contributed by atoms with van der Waals surface area (Å²) in [5, 5.41) is 15.8. The number of carbonyl (C=O) groups excluding carboxylic acids is 1. The number of hydrogen-bond acceptors (Lipinski definition) is 6. The monoisotopic (exact) mass is 449 g/mol. The van der Waals surface area contributed by atoms with Crippen LogP contribution < -0.4 is 10.1 Å². The van der Waals surface area contributed by atoms with E-state index in [2.05, 4.69) is 15.3 Å². The fourth-order valence-corrected chi connectivity index (χ4v) is 3.78. The first-order valence-corrected chi connectivity index (χ1v) is 11.1. The van der Waals surface area contributed by atoms with Crippen LogP contribution in [0.1, 0.15) is 37.3 Å². The Morgan fingerprint density at radius 2 is 2.06 bits per heavy atom. The van der Waals surface area contributed by atoms with Gasteiger partial charge in [-0.15, -0.1) is 0 Å². The van der Waals surface area contributed by atoms with E-state index in [0.29, 0.717) is 30.4 Å². The van der Waals surface area contributed by atoms with Crippen LogP contribution in [0.5, 0.6) is 5.75 Å². The molecule has 9 heteroatoms. The smallest absolute Gasteiger partial charge is 0.252 e. The molecule has 0 saturated heterocycles. The van der Waals surface area contributed by atoms with Crippen molar-refractivity contribution in [3.63, 3.8) is 0 Å². The van der Waals surface area contributed by atoms with Crippen molar-refractivity contribution in [2.75, 3.05) is 13.2 Å². The third kappa shape index (κ3) is 5.10. The fourth-order valence-electron chi connectivity index (χ4n) is 3.78. The first-order chi connectivity index (χ1) is 16.1. The van der Waals surface area contributed by atoms with E-state index in [1.165, 1.54) is 0 Å². The van der Waals surface area contributed by atoms with Crippen molar-refractivity contribution in [1.82, 2.24) is 5.32 Å². The maximum absolute atomic E-state index is 13.4. The van der Waals surface area contributed by atoms with Crippen LogP contribution in [0.25, 0.3) is 10.4 Å². The van der Waals surface area contributed by atoms with Crippen LogP contribution in [-0.4, -0.2) is 47.8 Å². The molecule has 0 spiro atoms. The van der Waals surface area contributed by atoms with E-state index < -0.39 is 11.6 Å². The highest BCUT2D eigenvalue weighted by Crippen LogP contribution is 2.36. The average Bonchev–Trinajstić information content (AvgIpc) is 3.57. The number of ether oxygens (including phenoxy) is 2. The molecule has 0 bridgehead atoms. The van der Waals surface area contributed by atoms with Crippen LogP contribution in [0.3, 0.4) is 0 Å². The summed E-state index contributed by atoms with van der Waals surface area (Å²) in [6.45, 7) is 2.35. The lowest BCUT2D eigenvalue weighted by atomic mass is 9.85. The molecule has 1 amide bonds. The Balaban J connectivity index is 1.65. The Bertz CT molecular complexity index is 1080. The quantitative estimate of drug-likeness (QED) is 0.247. The summed E-state index contributed by atoms with van der Waals surface area (Å²) in [5.74, 6) is 0.878. The first kappa shape index (κ1) is 22.6. The molecular formula is C24H27N5O4. The number of azide groups is 1. The predicted octanol–water partition coefficient (Wildman–Crippen LogP) is 3.82. The SMILES string of the molecule is C[C@H]1OC(c2ccc(OCCCO)cc2)=N[C@@]1(Cc1ccccc1N=[N+]=[N-])C(=O)NC1CC1. The second-order valence-corrected chi connectivity index (χ2v) is 8.29. The van der Waals surface area contributed by atoms with Crippen molar-refractivity contribution in [2.24, 2.45) is 10.1 Å². The normalized spacial score (nSPS) is 21.5. The number of nitrogens with zero attached hydrogens (tertiary/aromatic N) is 4. The van der Waals surface area contributed by atoms with Gasteiger partial charge in [-0.2, -0.15) is 0 Å². The Morgan fingerprint density at radius 3 is 2.76 bits per heavy atom. The minimum Gasteiger partial charge on any atom is -0.494 e. The molecule has 2 aromatic carbocycles. The minimum atomic E-state index is -1.19. The Morgan fingerprint density at radius 1 is 1.30 bits per heavy atom. The highest BCUT2D eigenvalue weighted by Gasteiger charge is 2.51. The summed E-state index contributed by atoms with van der Waals surface area (Å²) in [6, 6.07) is 14.7. The van der Waals surface area contributed by atoms with Gasteiger partial charge in [-0.25, -0.2) is 4.99 Å². The van der Waals surface area contributed by atoms with Crippen molar-refractivity contribution in [3.05, 3.63) is 70.1 Å². The molecule has 33 heavy (non-hydrogen) atoms. The number of aliphatic hydroxyl groups excluding tert-OH is 1. The van der Waals surface area contributed by atoms with Gasteiger partial charge in [-0.3, -0.25) is 4.79 Å². The molecule has 1 fully saturated rings. The largest absolute Gasteiger partial charge is 0.494 e. The van der Waals surface area contributed by atoms with Gasteiger partial charge >= 0.3 is 0 Å². The lowest BCUT2D eigenvalue weighted by Gasteiger charge is -2.28. The summed E-state index contributed by atoms with van der Waals surface area (Å²) in [6.07, 6.45) is 2.20. The molecule has 2 aliphatic rings. The number of aliphatic imine (C=N–C) groups is 1. The van der Waals surface area contributed by atoms with Crippen LogP contribution in [0.2, 0.25) is 0 Å². The van der Waals surface area contributed by atoms with Crippen LogP contribution in [-0.2, 0) is 16.0 Å². The zero-order valence-corrected chi connectivity index (χ0v) is 18.5. The summed E-state index contributed by atoms with van der Waals surface area (Å²) in [5.41, 5.74) is 9.70. The van der Waals surface area contributed by atoms with Gasteiger partial charge in [0.15, 0.2) is 5.54 Å². The average molecular weight is 450 g/mol. The molecule has 1 heterocycles. The van der Waals surface area contributed by atoms with Crippen molar-refractivity contribution in [2.45, 2.75) is 50.3 Å². The Hall–Kier alpha value is -3.55. The van der Waals surface area contributed by atoms with E-state index in [1.807, 2.05) is 43.3 Å². The van der Waals surface area contributed by atoms with Crippen LogP contribution in [0.4, 0.5) is 5.69 Å². The third-order valence-corrected chi connectivity index (χ3v) is 5.84. The number of benzene rings is 2. The van der Waals surface area contributed by atoms with Gasteiger partial charge in [0, 0.05) is 41.7 Å². The van der Waals surface area contributed by atoms with Crippen molar-refractivity contribution in [1.29, 1.82) is 0 Å². The second-order valence-electron chi connectivity index (χ2n) is 8.29. The van der Waals surface area contributed by atoms with E-state index in [4.69, 9.17) is 25.1 Å². The summed E-state index contributed by atoms with van der Waals surface area (Å²) < 4.78 is 11.7. The van der Waals surface area contributed by atoms with Gasteiger partial charge in [-0.1, -0.05) is 29.4 Å². The molecule has 9 nitrogen and oxygen atoms in total. The van der Waals surface area contributed by atoms with Gasteiger partial charge in [0.1, 0.15) is 11.9 Å². The zero-order valence-electron chi connectivity index (χ0n) is 18.5. The lowest BCUT2D eigenvalue weighted by molar-refractivity contribution is -0.128. The second kappa shape index (κ2) is 9.94. The first-order valence-electron chi connectivity index (χ1n) is 11.1. The molecule has 0 radical (unpaired) electrons. The van der Waals surface area contributed by atoms with Crippen LogP contribution >= 0.6 is 0 Å². The summed E-state index contributed by atoms with van der Waals surface area (Å²) in [7, 11) is 0. The number of hydrogen-bond donors (Lipinski definition) is 2. The number of carbonyl (C=O) groups is 1. The third-order valence-electron chi connectivity index (χ3n) is 5.84. The molecule has 2 N–H and O–H groups in total.